The van der Waals surface area contributed by atoms with Crippen LogP contribution in [0.25, 0.3) is 5.76 Å². The lowest BCUT2D eigenvalue weighted by atomic mass is 10.2. The van der Waals surface area contributed by atoms with Crippen LogP contribution in [0.2, 0.25) is 0 Å². The molecular formula is C9H8BrNO2. The molecule has 0 unspecified atom stereocenters. The van der Waals surface area contributed by atoms with Crippen molar-refractivity contribution < 1.29 is 9.90 Å². The summed E-state index contributed by atoms with van der Waals surface area (Å²) in [6.45, 7) is 1.37. The lowest BCUT2D eigenvalue weighted by Gasteiger charge is -1.98. The summed E-state index contributed by atoms with van der Waals surface area (Å²) >= 11 is 3.16. The van der Waals surface area contributed by atoms with Gasteiger partial charge in [-0.3, -0.25) is 4.79 Å². The first kappa shape index (κ1) is 9.92. The molecule has 4 heteroatoms. The lowest BCUT2D eigenvalue weighted by molar-refractivity contribution is -0.112. The van der Waals surface area contributed by atoms with Gasteiger partial charge in [-0.05, 0) is 35.0 Å². The molecular weight excluding hydrogens is 234 g/mol. The van der Waals surface area contributed by atoms with Crippen molar-refractivity contribution in [3.8, 4) is 0 Å². The highest BCUT2D eigenvalue weighted by atomic mass is 79.9. The molecule has 0 amide bonds. The van der Waals surface area contributed by atoms with Crippen LogP contribution >= 0.6 is 15.9 Å². The number of ketones is 1. The van der Waals surface area contributed by atoms with Crippen molar-refractivity contribution in [1.82, 2.24) is 4.98 Å². The number of halogens is 1. The molecule has 1 rings (SSSR count). The predicted molar refractivity (Wildman–Crippen MR) is 53.2 cm³/mol. The minimum absolute atomic E-state index is 0.117. The number of hydrogen-bond donors (Lipinski definition) is 1. The van der Waals surface area contributed by atoms with Crippen LogP contribution in [0.15, 0.2) is 28.9 Å². The van der Waals surface area contributed by atoms with E-state index in [0.29, 0.717) is 10.3 Å². The fourth-order valence-corrected chi connectivity index (χ4v) is 1.16. The Morgan fingerprint density at radius 1 is 1.62 bits per heavy atom. The maximum Gasteiger partial charge on any atom is 0.156 e. The summed E-state index contributed by atoms with van der Waals surface area (Å²) in [6.07, 6.45) is 1.13. The van der Waals surface area contributed by atoms with Crippen LogP contribution in [0.1, 0.15) is 12.6 Å². The number of carbonyl (C=O) groups excluding carboxylic acids is 1. The highest BCUT2D eigenvalue weighted by Gasteiger charge is 2.01. The number of aliphatic hydroxyl groups is 1. The van der Waals surface area contributed by atoms with Crippen LogP contribution in [0, 0.1) is 0 Å². The maximum atomic E-state index is 10.6. The summed E-state index contributed by atoms with van der Waals surface area (Å²) in [5.41, 5.74) is 0.379. The van der Waals surface area contributed by atoms with E-state index in [0.717, 1.165) is 6.08 Å². The number of allylic oxidation sites excluding steroid dienone is 1. The van der Waals surface area contributed by atoms with Crippen molar-refractivity contribution in [3.05, 3.63) is 34.6 Å². The molecule has 0 aliphatic carbocycles. The fraction of sp³-hybridized carbons (Fsp3) is 0.111. The molecule has 1 heterocycles. The van der Waals surface area contributed by atoms with Crippen molar-refractivity contribution in [3.63, 3.8) is 0 Å². The molecule has 0 aromatic carbocycles. The Balaban J connectivity index is 3.02. The SMILES string of the molecule is CC(=O)C=C(O)c1cccc(Br)n1. The summed E-state index contributed by atoms with van der Waals surface area (Å²) < 4.78 is 0.619. The summed E-state index contributed by atoms with van der Waals surface area (Å²) in [5.74, 6) is -0.326. The average molecular weight is 242 g/mol. The van der Waals surface area contributed by atoms with Gasteiger partial charge < -0.3 is 5.11 Å². The van der Waals surface area contributed by atoms with Crippen molar-refractivity contribution in [2.45, 2.75) is 6.92 Å². The number of hydrogen-bond acceptors (Lipinski definition) is 3. The van der Waals surface area contributed by atoms with Gasteiger partial charge in [-0.1, -0.05) is 6.07 Å². The Bertz CT molecular complexity index is 360. The number of carbonyl (C=O) groups is 1. The maximum absolute atomic E-state index is 10.6. The first-order valence-corrected chi connectivity index (χ1v) is 4.43. The van der Waals surface area contributed by atoms with Gasteiger partial charge in [-0.25, -0.2) is 4.98 Å². The third kappa shape index (κ3) is 2.99. The van der Waals surface area contributed by atoms with Crippen LogP contribution in [-0.2, 0) is 4.79 Å². The van der Waals surface area contributed by atoms with Gasteiger partial charge in [-0.15, -0.1) is 0 Å². The van der Waals surface area contributed by atoms with E-state index >= 15 is 0 Å². The van der Waals surface area contributed by atoms with Gasteiger partial charge in [0, 0.05) is 6.08 Å². The van der Waals surface area contributed by atoms with Crippen LogP contribution in [0.4, 0.5) is 0 Å². The zero-order valence-corrected chi connectivity index (χ0v) is 8.58. The Labute approximate surface area is 84.2 Å². The van der Waals surface area contributed by atoms with E-state index < -0.39 is 0 Å². The summed E-state index contributed by atoms with van der Waals surface area (Å²) in [5, 5.41) is 9.37. The van der Waals surface area contributed by atoms with Crippen LogP contribution in [0.3, 0.4) is 0 Å². The topological polar surface area (TPSA) is 50.2 Å². The summed E-state index contributed by atoms with van der Waals surface area (Å²) in [7, 11) is 0. The van der Waals surface area contributed by atoms with Crippen LogP contribution in [-0.4, -0.2) is 15.9 Å². The highest BCUT2D eigenvalue weighted by molar-refractivity contribution is 9.10. The molecule has 0 atom stereocenters. The molecule has 0 radical (unpaired) electrons. The van der Waals surface area contributed by atoms with Gasteiger partial charge in [0.2, 0.25) is 0 Å². The van der Waals surface area contributed by atoms with Crippen LogP contribution in [0.5, 0.6) is 0 Å². The normalized spacial score (nSPS) is 11.4. The predicted octanol–water partition coefficient (Wildman–Crippen LogP) is 2.33. The van der Waals surface area contributed by atoms with Crippen molar-refractivity contribution in [2.75, 3.05) is 0 Å². The van der Waals surface area contributed by atoms with E-state index in [1.165, 1.54) is 6.92 Å². The van der Waals surface area contributed by atoms with E-state index in [1.54, 1.807) is 18.2 Å². The minimum atomic E-state index is -0.209. The highest BCUT2D eigenvalue weighted by Crippen LogP contribution is 2.12. The zero-order chi connectivity index (χ0) is 9.84. The smallest absolute Gasteiger partial charge is 0.156 e. The largest absolute Gasteiger partial charge is 0.506 e. The van der Waals surface area contributed by atoms with Crippen molar-refractivity contribution >= 4 is 27.5 Å². The molecule has 0 bridgehead atoms. The Hall–Kier alpha value is -1.16. The molecule has 0 fully saturated rings. The Morgan fingerprint density at radius 2 is 2.31 bits per heavy atom. The van der Waals surface area contributed by atoms with Crippen LogP contribution < -0.4 is 0 Å². The van der Waals surface area contributed by atoms with E-state index in [9.17, 15) is 9.90 Å². The lowest BCUT2D eigenvalue weighted by Crippen LogP contribution is -1.91. The average Bonchev–Trinajstić information content (AvgIpc) is 2.03. The van der Waals surface area contributed by atoms with Crippen molar-refractivity contribution in [2.24, 2.45) is 0 Å². The van der Waals surface area contributed by atoms with E-state index in [4.69, 9.17) is 0 Å². The molecule has 0 spiro atoms. The molecule has 0 saturated heterocycles. The molecule has 0 aliphatic rings. The molecule has 13 heavy (non-hydrogen) atoms. The second kappa shape index (κ2) is 4.18. The Morgan fingerprint density at radius 3 is 2.85 bits per heavy atom. The number of nitrogens with zero attached hydrogens (tertiary/aromatic N) is 1. The molecule has 0 saturated carbocycles. The molecule has 1 aromatic rings. The Kier molecular flexibility index (Phi) is 3.19. The second-order valence-electron chi connectivity index (χ2n) is 2.49. The molecule has 1 N–H and O–H groups in total. The standard InChI is InChI=1S/C9H8BrNO2/c1-6(12)5-8(13)7-3-2-4-9(10)11-7/h2-5,13H,1H3. The number of aliphatic hydroxyl groups excluding tert-OH is 1. The van der Waals surface area contributed by atoms with Gasteiger partial charge in [0.1, 0.15) is 16.1 Å². The monoisotopic (exact) mass is 241 g/mol. The fourth-order valence-electron chi connectivity index (χ4n) is 0.817. The second-order valence-corrected chi connectivity index (χ2v) is 3.30. The van der Waals surface area contributed by atoms with Gasteiger partial charge in [0.05, 0.1) is 0 Å². The van der Waals surface area contributed by atoms with Gasteiger partial charge in [-0.2, -0.15) is 0 Å². The number of rotatable bonds is 2. The molecule has 1 aromatic heterocycles. The molecule has 0 aliphatic heterocycles. The number of pyridine rings is 1. The minimum Gasteiger partial charge on any atom is -0.506 e. The summed E-state index contributed by atoms with van der Waals surface area (Å²) in [4.78, 5) is 14.6. The first-order chi connectivity index (χ1) is 6.09. The molecule has 68 valence electrons. The summed E-state index contributed by atoms with van der Waals surface area (Å²) in [6, 6.07) is 5.10. The van der Waals surface area contributed by atoms with Gasteiger partial charge in [0.25, 0.3) is 0 Å². The van der Waals surface area contributed by atoms with Gasteiger partial charge in [0.15, 0.2) is 5.78 Å². The van der Waals surface area contributed by atoms with Gasteiger partial charge >= 0.3 is 0 Å². The van der Waals surface area contributed by atoms with E-state index in [2.05, 4.69) is 20.9 Å². The van der Waals surface area contributed by atoms with E-state index in [-0.39, 0.29) is 11.5 Å². The van der Waals surface area contributed by atoms with Crippen molar-refractivity contribution in [1.29, 1.82) is 0 Å². The first-order valence-electron chi connectivity index (χ1n) is 3.64. The molecule has 3 nitrogen and oxygen atoms in total. The third-order valence-electron chi connectivity index (χ3n) is 1.32. The van der Waals surface area contributed by atoms with E-state index in [1.807, 2.05) is 0 Å². The number of aromatic nitrogens is 1. The quantitative estimate of drug-likeness (QED) is 0.492. The third-order valence-corrected chi connectivity index (χ3v) is 1.76. The zero-order valence-electron chi connectivity index (χ0n) is 6.99.